The van der Waals surface area contributed by atoms with Gasteiger partial charge in [-0.2, -0.15) is 0 Å². The molecule has 0 radical (unpaired) electrons. The number of nitrogens with one attached hydrogen (secondary N) is 1. The van der Waals surface area contributed by atoms with Gasteiger partial charge in [0.25, 0.3) is 0 Å². The first-order valence-electron chi connectivity index (χ1n) is 5.94. The lowest BCUT2D eigenvalue weighted by Crippen LogP contribution is -2.36. The zero-order chi connectivity index (χ0) is 11.4. The summed E-state index contributed by atoms with van der Waals surface area (Å²) in [4.78, 5) is 0. The van der Waals surface area contributed by atoms with Crippen LogP contribution in [0.2, 0.25) is 0 Å². The lowest BCUT2D eigenvalue weighted by Gasteiger charge is -2.29. The predicted molar refractivity (Wildman–Crippen MR) is 64.3 cm³/mol. The van der Waals surface area contributed by atoms with Crippen molar-refractivity contribution >= 4 is 5.69 Å². The molecule has 2 rings (SSSR count). The molecule has 88 valence electrons. The molecule has 1 aliphatic carbocycles. The molecule has 1 aromatic rings. The Kier molecular flexibility index (Phi) is 3.80. The number of benzene rings is 1. The molecule has 1 aromatic carbocycles. The standard InChI is InChI=1S/C13H19NO2/c15-9-10-5-1-2-6-11(10)14-12-7-3-4-8-13(12)16/h1-2,5-6,12-16H,3-4,7-9H2/t12-,13-/m0/s1. The van der Waals surface area contributed by atoms with Crippen LogP contribution in [0.5, 0.6) is 0 Å². The maximum atomic E-state index is 9.87. The van der Waals surface area contributed by atoms with E-state index in [-0.39, 0.29) is 18.8 Å². The van der Waals surface area contributed by atoms with Gasteiger partial charge in [-0.15, -0.1) is 0 Å². The van der Waals surface area contributed by atoms with Gasteiger partial charge in [-0.1, -0.05) is 31.0 Å². The van der Waals surface area contributed by atoms with E-state index in [0.29, 0.717) is 0 Å². The van der Waals surface area contributed by atoms with Crippen molar-refractivity contribution in [1.29, 1.82) is 0 Å². The van der Waals surface area contributed by atoms with Gasteiger partial charge in [0.1, 0.15) is 0 Å². The third-order valence-electron chi connectivity index (χ3n) is 3.26. The Morgan fingerprint density at radius 1 is 1.19 bits per heavy atom. The van der Waals surface area contributed by atoms with Crippen LogP contribution in [0.25, 0.3) is 0 Å². The molecule has 1 fully saturated rings. The number of para-hydroxylation sites is 1. The zero-order valence-electron chi connectivity index (χ0n) is 9.39. The van der Waals surface area contributed by atoms with E-state index < -0.39 is 0 Å². The van der Waals surface area contributed by atoms with Crippen molar-refractivity contribution in [3.63, 3.8) is 0 Å². The highest BCUT2D eigenvalue weighted by molar-refractivity contribution is 5.51. The first kappa shape index (κ1) is 11.4. The van der Waals surface area contributed by atoms with E-state index in [2.05, 4.69) is 5.32 Å². The highest BCUT2D eigenvalue weighted by atomic mass is 16.3. The van der Waals surface area contributed by atoms with Crippen molar-refractivity contribution in [3.8, 4) is 0 Å². The number of rotatable bonds is 3. The van der Waals surface area contributed by atoms with Crippen LogP contribution in [0.1, 0.15) is 31.2 Å². The monoisotopic (exact) mass is 221 g/mol. The van der Waals surface area contributed by atoms with Gasteiger partial charge in [0.05, 0.1) is 18.8 Å². The van der Waals surface area contributed by atoms with E-state index in [9.17, 15) is 10.2 Å². The van der Waals surface area contributed by atoms with Crippen molar-refractivity contribution < 1.29 is 10.2 Å². The zero-order valence-corrected chi connectivity index (χ0v) is 9.39. The highest BCUT2D eigenvalue weighted by Crippen LogP contribution is 2.24. The predicted octanol–water partition coefficient (Wildman–Crippen LogP) is 1.89. The van der Waals surface area contributed by atoms with E-state index in [1.165, 1.54) is 0 Å². The van der Waals surface area contributed by atoms with E-state index in [4.69, 9.17) is 0 Å². The molecule has 0 heterocycles. The van der Waals surface area contributed by atoms with Crippen LogP contribution in [0.4, 0.5) is 5.69 Å². The van der Waals surface area contributed by atoms with E-state index >= 15 is 0 Å². The van der Waals surface area contributed by atoms with Gasteiger partial charge in [0.15, 0.2) is 0 Å². The Morgan fingerprint density at radius 2 is 1.94 bits per heavy atom. The second-order valence-corrected chi connectivity index (χ2v) is 4.42. The molecule has 16 heavy (non-hydrogen) atoms. The number of aliphatic hydroxyl groups excluding tert-OH is 2. The molecule has 0 aromatic heterocycles. The number of anilines is 1. The average Bonchev–Trinajstić information content (AvgIpc) is 2.33. The lowest BCUT2D eigenvalue weighted by molar-refractivity contribution is 0.116. The fourth-order valence-corrected chi connectivity index (χ4v) is 2.28. The van der Waals surface area contributed by atoms with Crippen LogP contribution in [0.15, 0.2) is 24.3 Å². The topological polar surface area (TPSA) is 52.5 Å². The van der Waals surface area contributed by atoms with Crippen LogP contribution in [-0.2, 0) is 6.61 Å². The van der Waals surface area contributed by atoms with Gasteiger partial charge in [-0.05, 0) is 18.9 Å². The maximum absolute atomic E-state index is 9.87. The van der Waals surface area contributed by atoms with Crippen LogP contribution in [0.3, 0.4) is 0 Å². The van der Waals surface area contributed by atoms with Crippen molar-refractivity contribution in [3.05, 3.63) is 29.8 Å². The summed E-state index contributed by atoms with van der Waals surface area (Å²) in [5.74, 6) is 0. The van der Waals surface area contributed by atoms with E-state index in [1.54, 1.807) is 0 Å². The molecule has 2 atom stereocenters. The molecule has 0 spiro atoms. The van der Waals surface area contributed by atoms with E-state index in [0.717, 1.165) is 36.9 Å². The third-order valence-corrected chi connectivity index (χ3v) is 3.26. The summed E-state index contributed by atoms with van der Waals surface area (Å²) in [6, 6.07) is 7.83. The summed E-state index contributed by atoms with van der Waals surface area (Å²) in [7, 11) is 0. The number of hydrogen-bond donors (Lipinski definition) is 3. The van der Waals surface area contributed by atoms with Crippen molar-refractivity contribution in [2.45, 2.75) is 44.4 Å². The largest absolute Gasteiger partial charge is 0.392 e. The van der Waals surface area contributed by atoms with Gasteiger partial charge >= 0.3 is 0 Å². The quantitative estimate of drug-likeness (QED) is 0.730. The summed E-state index contributed by atoms with van der Waals surface area (Å²) in [5, 5.41) is 22.4. The Morgan fingerprint density at radius 3 is 2.69 bits per heavy atom. The molecule has 0 amide bonds. The molecule has 3 N–H and O–H groups in total. The lowest BCUT2D eigenvalue weighted by atomic mass is 9.92. The molecular formula is C13H19NO2. The normalized spacial score (nSPS) is 25.4. The van der Waals surface area contributed by atoms with Crippen LogP contribution < -0.4 is 5.32 Å². The second kappa shape index (κ2) is 5.32. The summed E-state index contributed by atoms with van der Waals surface area (Å²) in [5.41, 5.74) is 1.83. The maximum Gasteiger partial charge on any atom is 0.0741 e. The van der Waals surface area contributed by atoms with Gasteiger partial charge in [0.2, 0.25) is 0 Å². The average molecular weight is 221 g/mol. The van der Waals surface area contributed by atoms with Crippen LogP contribution in [-0.4, -0.2) is 22.4 Å². The minimum Gasteiger partial charge on any atom is -0.392 e. The number of hydrogen-bond acceptors (Lipinski definition) is 3. The van der Waals surface area contributed by atoms with Gasteiger partial charge in [-0.25, -0.2) is 0 Å². The summed E-state index contributed by atoms with van der Waals surface area (Å²) in [6.07, 6.45) is 3.89. The SMILES string of the molecule is OCc1ccccc1N[C@H]1CCCC[C@@H]1O. The Labute approximate surface area is 96.1 Å². The summed E-state index contributed by atoms with van der Waals surface area (Å²) >= 11 is 0. The minimum absolute atomic E-state index is 0.0337. The fraction of sp³-hybridized carbons (Fsp3) is 0.538. The molecule has 0 saturated heterocycles. The van der Waals surface area contributed by atoms with Crippen molar-refractivity contribution in [2.24, 2.45) is 0 Å². The summed E-state index contributed by atoms with van der Waals surface area (Å²) < 4.78 is 0. The number of aliphatic hydroxyl groups is 2. The molecular weight excluding hydrogens is 202 g/mol. The van der Waals surface area contributed by atoms with Crippen LogP contribution >= 0.6 is 0 Å². The molecule has 0 aliphatic heterocycles. The molecule has 1 aliphatic rings. The Balaban J connectivity index is 2.07. The summed E-state index contributed by atoms with van der Waals surface area (Å²) in [6.45, 7) is 0.0337. The minimum atomic E-state index is -0.263. The van der Waals surface area contributed by atoms with Gasteiger partial charge in [-0.3, -0.25) is 0 Å². The Bertz CT molecular complexity index is 340. The second-order valence-electron chi connectivity index (χ2n) is 4.42. The molecule has 3 heteroatoms. The van der Waals surface area contributed by atoms with E-state index in [1.807, 2.05) is 24.3 Å². The fourth-order valence-electron chi connectivity index (χ4n) is 2.28. The van der Waals surface area contributed by atoms with Gasteiger partial charge in [0, 0.05) is 11.3 Å². The van der Waals surface area contributed by atoms with Crippen molar-refractivity contribution in [2.75, 3.05) is 5.32 Å². The van der Waals surface area contributed by atoms with Crippen molar-refractivity contribution in [1.82, 2.24) is 0 Å². The van der Waals surface area contributed by atoms with Crippen LogP contribution in [0, 0.1) is 0 Å². The molecule has 1 saturated carbocycles. The molecule has 3 nitrogen and oxygen atoms in total. The highest BCUT2D eigenvalue weighted by Gasteiger charge is 2.23. The molecule has 0 bridgehead atoms. The Hall–Kier alpha value is -1.06. The first-order valence-corrected chi connectivity index (χ1v) is 5.94. The smallest absolute Gasteiger partial charge is 0.0741 e. The molecule has 0 unspecified atom stereocenters. The first-order chi connectivity index (χ1) is 7.81. The van der Waals surface area contributed by atoms with Gasteiger partial charge < -0.3 is 15.5 Å². The third kappa shape index (κ3) is 2.54.